The Morgan fingerprint density at radius 2 is 1.88 bits per heavy atom. The summed E-state index contributed by atoms with van der Waals surface area (Å²) in [7, 11) is 5.73. The largest absolute Gasteiger partial charge is 0.494 e. The standard InChI is InChI=1S/C26H35N3O3S.ClH/c1-6-7-8-17-32-21-12-9-11-20(18-21)25(30)29(16-10-15-28(3)4)26-27-23-22(31-5)14-13-19(2)24(23)33-26;/h9,11-14,18H,6-8,10,15-17H2,1-5H3;1H. The van der Waals surface area contributed by atoms with E-state index >= 15 is 0 Å². The molecule has 0 aliphatic rings. The Kier molecular flexibility index (Phi) is 11.1. The second-order valence-electron chi connectivity index (χ2n) is 8.46. The number of aryl methyl sites for hydroxylation is 1. The summed E-state index contributed by atoms with van der Waals surface area (Å²) < 4.78 is 12.4. The highest BCUT2D eigenvalue weighted by atomic mass is 35.5. The quantitative estimate of drug-likeness (QED) is 0.274. The van der Waals surface area contributed by atoms with Gasteiger partial charge in [-0.05, 0) is 70.2 Å². The number of carbonyl (C=O) groups is 1. The first-order valence-electron chi connectivity index (χ1n) is 11.6. The van der Waals surface area contributed by atoms with Crippen LogP contribution in [0.4, 0.5) is 5.13 Å². The number of carbonyl (C=O) groups excluding carboxylic acids is 1. The lowest BCUT2D eigenvalue weighted by atomic mass is 10.2. The number of benzene rings is 2. The topological polar surface area (TPSA) is 54.9 Å². The maximum absolute atomic E-state index is 13.7. The highest BCUT2D eigenvalue weighted by Crippen LogP contribution is 2.37. The second kappa shape index (κ2) is 13.5. The minimum Gasteiger partial charge on any atom is -0.494 e. The SMILES string of the molecule is CCCCCOc1cccc(C(=O)N(CCCN(C)C)c2nc3c(OC)ccc(C)c3s2)c1.Cl. The van der Waals surface area contributed by atoms with Crippen molar-refractivity contribution in [1.29, 1.82) is 0 Å². The molecule has 1 heterocycles. The molecule has 0 unspecified atom stereocenters. The van der Waals surface area contributed by atoms with Gasteiger partial charge in [-0.2, -0.15) is 0 Å². The van der Waals surface area contributed by atoms with Crippen molar-refractivity contribution >= 4 is 45.0 Å². The molecule has 0 atom stereocenters. The lowest BCUT2D eigenvalue weighted by Crippen LogP contribution is -2.33. The smallest absolute Gasteiger partial charge is 0.260 e. The Morgan fingerprint density at radius 1 is 1.09 bits per heavy atom. The van der Waals surface area contributed by atoms with E-state index in [1.165, 1.54) is 11.3 Å². The fourth-order valence-corrected chi connectivity index (χ4v) is 4.70. The van der Waals surface area contributed by atoms with Gasteiger partial charge < -0.3 is 14.4 Å². The van der Waals surface area contributed by atoms with Crippen molar-refractivity contribution in [2.24, 2.45) is 0 Å². The summed E-state index contributed by atoms with van der Waals surface area (Å²) in [6.45, 7) is 6.36. The van der Waals surface area contributed by atoms with E-state index in [9.17, 15) is 4.79 Å². The predicted octanol–water partition coefficient (Wildman–Crippen LogP) is 6.20. The van der Waals surface area contributed by atoms with Crippen molar-refractivity contribution in [3.63, 3.8) is 0 Å². The maximum Gasteiger partial charge on any atom is 0.260 e. The van der Waals surface area contributed by atoms with Crippen molar-refractivity contribution in [3.05, 3.63) is 47.5 Å². The number of amides is 1. The number of ether oxygens (including phenoxy) is 2. The lowest BCUT2D eigenvalue weighted by molar-refractivity contribution is 0.0985. The molecule has 0 aliphatic carbocycles. The normalized spacial score (nSPS) is 10.9. The zero-order valence-electron chi connectivity index (χ0n) is 20.8. The number of anilines is 1. The van der Waals surface area contributed by atoms with Crippen molar-refractivity contribution < 1.29 is 14.3 Å². The monoisotopic (exact) mass is 505 g/mol. The maximum atomic E-state index is 13.7. The molecular formula is C26H36ClN3O3S. The molecule has 6 nitrogen and oxygen atoms in total. The lowest BCUT2D eigenvalue weighted by Gasteiger charge is -2.21. The fraction of sp³-hybridized carbons (Fsp3) is 0.462. The van der Waals surface area contributed by atoms with Crippen molar-refractivity contribution in [2.45, 2.75) is 39.5 Å². The van der Waals surface area contributed by atoms with Crippen LogP contribution in [0.1, 0.15) is 48.5 Å². The highest BCUT2D eigenvalue weighted by molar-refractivity contribution is 7.22. The molecule has 0 bridgehead atoms. The molecular weight excluding hydrogens is 470 g/mol. The first-order valence-corrected chi connectivity index (χ1v) is 12.4. The van der Waals surface area contributed by atoms with E-state index in [4.69, 9.17) is 14.5 Å². The van der Waals surface area contributed by atoms with Gasteiger partial charge in [0.1, 0.15) is 17.0 Å². The molecule has 8 heteroatoms. The Labute approximate surface area is 213 Å². The molecule has 0 aliphatic heterocycles. The molecule has 34 heavy (non-hydrogen) atoms. The summed E-state index contributed by atoms with van der Waals surface area (Å²) in [4.78, 5) is 22.4. The van der Waals surface area contributed by atoms with Crippen molar-refractivity contribution in [1.82, 2.24) is 9.88 Å². The number of hydrogen-bond donors (Lipinski definition) is 0. The average molecular weight is 506 g/mol. The third kappa shape index (κ3) is 7.08. The van der Waals surface area contributed by atoms with Gasteiger partial charge in [-0.15, -0.1) is 12.4 Å². The molecule has 186 valence electrons. The minimum absolute atomic E-state index is 0. The third-order valence-corrected chi connectivity index (χ3v) is 6.69. The van der Waals surface area contributed by atoms with Crippen LogP contribution in [0.3, 0.4) is 0 Å². The van der Waals surface area contributed by atoms with Gasteiger partial charge in [-0.25, -0.2) is 4.98 Å². The molecule has 3 aromatic rings. The second-order valence-corrected chi connectivity index (χ2v) is 9.43. The first-order chi connectivity index (χ1) is 15.9. The summed E-state index contributed by atoms with van der Waals surface area (Å²) >= 11 is 1.54. The number of aromatic nitrogens is 1. The van der Waals surface area contributed by atoms with Crippen LogP contribution in [0.25, 0.3) is 10.2 Å². The number of thiazole rings is 1. The van der Waals surface area contributed by atoms with Gasteiger partial charge in [0.2, 0.25) is 0 Å². The summed E-state index contributed by atoms with van der Waals surface area (Å²) in [6.07, 6.45) is 4.14. The molecule has 2 aromatic carbocycles. The molecule has 0 saturated carbocycles. The number of halogens is 1. The van der Waals surface area contributed by atoms with E-state index < -0.39 is 0 Å². The zero-order valence-corrected chi connectivity index (χ0v) is 22.4. The summed E-state index contributed by atoms with van der Waals surface area (Å²) in [5.74, 6) is 1.39. The fourth-order valence-electron chi connectivity index (χ4n) is 3.62. The van der Waals surface area contributed by atoms with Crippen molar-refractivity contribution in [2.75, 3.05) is 45.8 Å². The van der Waals surface area contributed by atoms with Gasteiger partial charge >= 0.3 is 0 Å². The molecule has 1 aromatic heterocycles. The van der Waals surface area contributed by atoms with E-state index in [2.05, 4.69) is 18.7 Å². The molecule has 0 fully saturated rings. The van der Waals surface area contributed by atoms with Crippen LogP contribution in [-0.2, 0) is 0 Å². The number of unbranched alkanes of at least 4 members (excludes halogenated alkanes) is 2. The van der Waals surface area contributed by atoms with Crippen LogP contribution >= 0.6 is 23.7 Å². The van der Waals surface area contributed by atoms with Gasteiger partial charge in [-0.1, -0.05) is 43.2 Å². The summed E-state index contributed by atoms with van der Waals surface area (Å²) in [6, 6.07) is 11.4. The van der Waals surface area contributed by atoms with Gasteiger partial charge in [0.25, 0.3) is 5.91 Å². The summed E-state index contributed by atoms with van der Waals surface area (Å²) in [5.41, 5.74) is 2.53. The Balaban J connectivity index is 0.00000408. The van der Waals surface area contributed by atoms with E-state index in [-0.39, 0.29) is 18.3 Å². The number of fused-ring (bicyclic) bond motifs is 1. The van der Waals surface area contributed by atoms with Gasteiger partial charge in [0.15, 0.2) is 5.13 Å². The van der Waals surface area contributed by atoms with Crippen LogP contribution in [0, 0.1) is 6.92 Å². The average Bonchev–Trinajstić information content (AvgIpc) is 3.25. The molecule has 3 rings (SSSR count). The van der Waals surface area contributed by atoms with Gasteiger partial charge in [0.05, 0.1) is 18.4 Å². The number of rotatable bonds is 12. The Morgan fingerprint density at radius 3 is 2.59 bits per heavy atom. The number of hydrogen-bond acceptors (Lipinski definition) is 6. The molecule has 0 radical (unpaired) electrons. The van der Waals surface area contributed by atoms with Crippen LogP contribution < -0.4 is 14.4 Å². The van der Waals surface area contributed by atoms with Crippen LogP contribution in [0.15, 0.2) is 36.4 Å². The van der Waals surface area contributed by atoms with E-state index in [0.717, 1.165) is 59.5 Å². The zero-order chi connectivity index (χ0) is 23.8. The van der Waals surface area contributed by atoms with E-state index in [0.29, 0.717) is 23.8 Å². The van der Waals surface area contributed by atoms with Gasteiger partial charge in [-0.3, -0.25) is 9.69 Å². The Bertz CT molecular complexity index is 1070. The molecule has 0 saturated heterocycles. The molecule has 0 spiro atoms. The highest BCUT2D eigenvalue weighted by Gasteiger charge is 2.23. The minimum atomic E-state index is -0.0663. The molecule has 1 amide bonds. The summed E-state index contributed by atoms with van der Waals surface area (Å²) in [5, 5.41) is 0.690. The third-order valence-electron chi connectivity index (χ3n) is 5.47. The Hall–Kier alpha value is -2.35. The van der Waals surface area contributed by atoms with Gasteiger partial charge in [0, 0.05) is 12.1 Å². The van der Waals surface area contributed by atoms with Crippen LogP contribution in [0.2, 0.25) is 0 Å². The van der Waals surface area contributed by atoms with E-state index in [1.807, 2.05) is 50.5 Å². The number of methoxy groups -OCH3 is 1. The predicted molar refractivity (Wildman–Crippen MR) is 144 cm³/mol. The van der Waals surface area contributed by atoms with Crippen LogP contribution in [-0.4, -0.2) is 56.7 Å². The van der Waals surface area contributed by atoms with E-state index in [1.54, 1.807) is 12.0 Å². The van der Waals surface area contributed by atoms with Crippen LogP contribution in [0.5, 0.6) is 11.5 Å². The van der Waals surface area contributed by atoms with Crippen molar-refractivity contribution in [3.8, 4) is 11.5 Å². The molecule has 0 N–H and O–H groups in total. The number of nitrogens with zero attached hydrogens (tertiary/aromatic N) is 3. The first kappa shape index (κ1) is 27.9.